The van der Waals surface area contributed by atoms with Crippen LogP contribution in [0.5, 0.6) is 0 Å². The largest absolute Gasteiger partial charge is 0.122 e. The van der Waals surface area contributed by atoms with Crippen molar-refractivity contribution in [2.75, 3.05) is 0 Å². The zero-order chi connectivity index (χ0) is 10.1. The van der Waals surface area contributed by atoms with E-state index in [2.05, 4.69) is 32.0 Å². The van der Waals surface area contributed by atoms with Crippen molar-refractivity contribution in [3.8, 4) is 0 Å². The lowest BCUT2D eigenvalue weighted by Gasteiger charge is -2.17. The number of hydrogen-bond acceptors (Lipinski definition) is 0. The number of aryl methyl sites for hydroxylation is 1. The standard InChI is InChI=1S/C13H17Cl/c1-9-5-3-6-11(10(9)2)12-7-4-8-13(12)14/h3,5-6,12-13H,4,7-8H2,1-2H3. The average Bonchev–Trinajstić information content (AvgIpc) is 2.57. The van der Waals surface area contributed by atoms with Gasteiger partial charge in [-0.25, -0.2) is 0 Å². The van der Waals surface area contributed by atoms with Gasteiger partial charge in [-0.1, -0.05) is 24.6 Å². The second kappa shape index (κ2) is 3.94. The molecule has 0 bridgehead atoms. The summed E-state index contributed by atoms with van der Waals surface area (Å²) in [6.45, 7) is 4.39. The SMILES string of the molecule is Cc1cccc(C2CCCC2Cl)c1C. The van der Waals surface area contributed by atoms with Crippen LogP contribution in [0.1, 0.15) is 41.9 Å². The summed E-state index contributed by atoms with van der Waals surface area (Å²) in [4.78, 5) is 0. The molecule has 14 heavy (non-hydrogen) atoms. The molecule has 0 spiro atoms. The van der Waals surface area contributed by atoms with Gasteiger partial charge in [0.15, 0.2) is 0 Å². The molecule has 0 aromatic heterocycles. The number of benzene rings is 1. The van der Waals surface area contributed by atoms with Gasteiger partial charge in [0, 0.05) is 11.3 Å². The summed E-state index contributed by atoms with van der Waals surface area (Å²) < 4.78 is 0. The van der Waals surface area contributed by atoms with E-state index in [0.29, 0.717) is 11.3 Å². The Morgan fingerprint density at radius 2 is 2.00 bits per heavy atom. The highest BCUT2D eigenvalue weighted by atomic mass is 35.5. The summed E-state index contributed by atoms with van der Waals surface area (Å²) in [5.41, 5.74) is 4.30. The van der Waals surface area contributed by atoms with Crippen LogP contribution in [0.4, 0.5) is 0 Å². The summed E-state index contributed by atoms with van der Waals surface area (Å²) in [5, 5.41) is 0.357. The number of halogens is 1. The minimum absolute atomic E-state index is 0.357. The zero-order valence-electron chi connectivity index (χ0n) is 8.89. The molecule has 0 N–H and O–H groups in total. The van der Waals surface area contributed by atoms with E-state index in [1.54, 1.807) is 0 Å². The highest BCUT2D eigenvalue weighted by molar-refractivity contribution is 6.21. The summed E-state index contributed by atoms with van der Waals surface area (Å²) in [6, 6.07) is 6.57. The predicted octanol–water partition coefficient (Wildman–Crippen LogP) is 4.18. The van der Waals surface area contributed by atoms with Crippen LogP contribution in [0.2, 0.25) is 0 Å². The van der Waals surface area contributed by atoms with Crippen molar-refractivity contribution in [2.24, 2.45) is 0 Å². The van der Waals surface area contributed by atoms with Crippen molar-refractivity contribution >= 4 is 11.6 Å². The molecule has 1 heteroatoms. The quantitative estimate of drug-likeness (QED) is 0.608. The third-order valence-corrected chi connectivity index (χ3v) is 4.00. The molecule has 0 nitrogen and oxygen atoms in total. The molecule has 2 atom stereocenters. The van der Waals surface area contributed by atoms with Crippen molar-refractivity contribution in [3.63, 3.8) is 0 Å². The fourth-order valence-corrected chi connectivity index (χ4v) is 2.86. The Morgan fingerprint density at radius 1 is 1.21 bits per heavy atom. The summed E-state index contributed by atoms with van der Waals surface area (Å²) in [6.07, 6.45) is 3.73. The van der Waals surface area contributed by atoms with Gasteiger partial charge < -0.3 is 0 Å². The highest BCUT2D eigenvalue weighted by Gasteiger charge is 2.27. The average molecular weight is 209 g/mol. The van der Waals surface area contributed by atoms with Crippen molar-refractivity contribution in [2.45, 2.75) is 44.4 Å². The van der Waals surface area contributed by atoms with Gasteiger partial charge in [0.05, 0.1) is 0 Å². The van der Waals surface area contributed by atoms with Crippen molar-refractivity contribution in [1.82, 2.24) is 0 Å². The summed E-state index contributed by atoms with van der Waals surface area (Å²) >= 11 is 6.34. The van der Waals surface area contributed by atoms with Gasteiger partial charge in [0.2, 0.25) is 0 Å². The van der Waals surface area contributed by atoms with Crippen LogP contribution in [0.25, 0.3) is 0 Å². The minimum Gasteiger partial charge on any atom is -0.122 e. The third kappa shape index (κ3) is 1.68. The Bertz CT molecular complexity index is 330. The molecule has 76 valence electrons. The van der Waals surface area contributed by atoms with Crippen molar-refractivity contribution < 1.29 is 0 Å². The van der Waals surface area contributed by atoms with Gasteiger partial charge in [-0.3, -0.25) is 0 Å². The van der Waals surface area contributed by atoms with E-state index in [-0.39, 0.29) is 0 Å². The normalized spacial score (nSPS) is 26.8. The van der Waals surface area contributed by atoms with Crippen molar-refractivity contribution in [3.05, 3.63) is 34.9 Å². The molecule has 1 saturated carbocycles. The van der Waals surface area contributed by atoms with E-state index in [1.807, 2.05) is 0 Å². The molecule has 1 aliphatic rings. The van der Waals surface area contributed by atoms with Gasteiger partial charge >= 0.3 is 0 Å². The molecule has 1 aromatic rings. The molecule has 1 fully saturated rings. The Morgan fingerprint density at radius 3 is 2.64 bits per heavy atom. The van der Waals surface area contributed by atoms with E-state index >= 15 is 0 Å². The monoisotopic (exact) mass is 208 g/mol. The fourth-order valence-electron chi connectivity index (χ4n) is 2.44. The van der Waals surface area contributed by atoms with Crippen LogP contribution >= 0.6 is 11.6 Å². The molecule has 2 unspecified atom stereocenters. The molecule has 0 aliphatic heterocycles. The summed E-state index contributed by atoms with van der Waals surface area (Å²) in [7, 11) is 0. The molecule has 0 amide bonds. The molecule has 1 aromatic carbocycles. The Hall–Kier alpha value is -0.490. The molecule has 0 radical (unpaired) electrons. The van der Waals surface area contributed by atoms with E-state index < -0.39 is 0 Å². The maximum absolute atomic E-state index is 6.34. The summed E-state index contributed by atoms with van der Waals surface area (Å²) in [5.74, 6) is 0.594. The van der Waals surface area contributed by atoms with Gasteiger partial charge in [-0.05, 0) is 43.4 Å². The van der Waals surface area contributed by atoms with Gasteiger partial charge in [0.1, 0.15) is 0 Å². The molecular formula is C13H17Cl. The van der Waals surface area contributed by atoms with Gasteiger partial charge in [-0.2, -0.15) is 0 Å². The van der Waals surface area contributed by atoms with Gasteiger partial charge in [-0.15, -0.1) is 11.6 Å². The highest BCUT2D eigenvalue weighted by Crippen LogP contribution is 2.39. The van der Waals surface area contributed by atoms with E-state index in [9.17, 15) is 0 Å². The van der Waals surface area contributed by atoms with E-state index in [4.69, 9.17) is 11.6 Å². The lowest BCUT2D eigenvalue weighted by Crippen LogP contribution is -2.07. The fraction of sp³-hybridized carbons (Fsp3) is 0.538. The molecule has 1 aliphatic carbocycles. The van der Waals surface area contributed by atoms with E-state index in [0.717, 1.165) is 0 Å². The van der Waals surface area contributed by atoms with Crippen LogP contribution in [0.3, 0.4) is 0 Å². The second-order valence-corrected chi connectivity index (χ2v) is 4.90. The maximum Gasteiger partial charge on any atom is 0.0404 e. The van der Waals surface area contributed by atoms with E-state index in [1.165, 1.54) is 36.0 Å². The molecule has 2 rings (SSSR count). The zero-order valence-corrected chi connectivity index (χ0v) is 9.64. The van der Waals surface area contributed by atoms with Crippen LogP contribution in [-0.4, -0.2) is 5.38 Å². The first-order chi connectivity index (χ1) is 6.70. The second-order valence-electron chi connectivity index (χ2n) is 4.34. The lowest BCUT2D eigenvalue weighted by atomic mass is 9.91. The predicted molar refractivity (Wildman–Crippen MR) is 62.1 cm³/mol. The minimum atomic E-state index is 0.357. The Balaban J connectivity index is 2.36. The first kappa shape index (κ1) is 10.0. The first-order valence-electron chi connectivity index (χ1n) is 5.40. The molecular weight excluding hydrogens is 192 g/mol. The smallest absolute Gasteiger partial charge is 0.0404 e. The molecule has 0 heterocycles. The van der Waals surface area contributed by atoms with Crippen molar-refractivity contribution in [1.29, 1.82) is 0 Å². The van der Waals surface area contributed by atoms with Crippen LogP contribution in [0, 0.1) is 13.8 Å². The Labute approximate surface area is 91.3 Å². The topological polar surface area (TPSA) is 0 Å². The maximum atomic E-state index is 6.34. The first-order valence-corrected chi connectivity index (χ1v) is 5.84. The van der Waals surface area contributed by atoms with Gasteiger partial charge in [0.25, 0.3) is 0 Å². The number of hydrogen-bond donors (Lipinski definition) is 0. The van der Waals surface area contributed by atoms with Crippen LogP contribution < -0.4 is 0 Å². The van der Waals surface area contributed by atoms with Crippen LogP contribution in [-0.2, 0) is 0 Å². The lowest BCUT2D eigenvalue weighted by molar-refractivity contribution is 0.723. The molecule has 0 saturated heterocycles. The number of rotatable bonds is 1. The van der Waals surface area contributed by atoms with Crippen LogP contribution in [0.15, 0.2) is 18.2 Å². The number of alkyl halides is 1. The third-order valence-electron chi connectivity index (χ3n) is 3.48. The Kier molecular flexibility index (Phi) is 2.83.